The van der Waals surface area contributed by atoms with Gasteiger partial charge in [-0.15, -0.1) is 0 Å². The number of rotatable bonds is 69. The highest BCUT2D eigenvalue weighted by Crippen LogP contribution is 2.19. The van der Waals surface area contributed by atoms with Crippen LogP contribution in [0.1, 0.15) is 412 Å². The molecule has 0 heterocycles. The maximum Gasteiger partial charge on any atom is 0.305 e. The van der Waals surface area contributed by atoms with Gasteiger partial charge in [0.05, 0.1) is 25.4 Å². The summed E-state index contributed by atoms with van der Waals surface area (Å²) in [7, 11) is 0. The van der Waals surface area contributed by atoms with Gasteiger partial charge in [0.2, 0.25) is 5.91 Å². The molecule has 0 aromatic heterocycles. The maximum absolute atomic E-state index is 12.5. The van der Waals surface area contributed by atoms with E-state index in [0.717, 1.165) is 38.5 Å². The molecule has 6 heteroatoms. The first-order valence-electron chi connectivity index (χ1n) is 36.6. The maximum atomic E-state index is 12.5. The lowest BCUT2D eigenvalue weighted by Gasteiger charge is -2.20. The number of allylic oxidation sites excluding steroid dienone is 3. The molecule has 0 bridgehead atoms. The lowest BCUT2D eigenvalue weighted by molar-refractivity contribution is -0.143. The van der Waals surface area contributed by atoms with Crippen LogP contribution in [-0.4, -0.2) is 47.4 Å². The van der Waals surface area contributed by atoms with Crippen LogP contribution < -0.4 is 5.32 Å². The van der Waals surface area contributed by atoms with E-state index in [9.17, 15) is 19.8 Å². The minimum absolute atomic E-state index is 0.0152. The van der Waals surface area contributed by atoms with Crippen LogP contribution in [0.2, 0.25) is 0 Å². The van der Waals surface area contributed by atoms with Gasteiger partial charge in [-0.25, -0.2) is 0 Å². The molecule has 0 aromatic rings. The molecule has 0 aromatic carbocycles. The summed E-state index contributed by atoms with van der Waals surface area (Å²) in [5.41, 5.74) is 0. The van der Waals surface area contributed by atoms with Gasteiger partial charge in [-0.05, 0) is 57.8 Å². The predicted molar refractivity (Wildman–Crippen MR) is 352 cm³/mol. The molecule has 474 valence electrons. The number of unbranched alkanes of at least 4 members (excludes halogenated alkanes) is 56. The molecule has 0 saturated carbocycles. The first-order valence-corrected chi connectivity index (χ1v) is 36.6. The molecule has 6 nitrogen and oxygen atoms in total. The van der Waals surface area contributed by atoms with Gasteiger partial charge < -0.3 is 20.3 Å². The number of esters is 1. The molecular weight excluding hydrogens is 983 g/mol. The zero-order chi connectivity index (χ0) is 57.8. The molecule has 0 radical (unpaired) electrons. The number of carbonyl (C=O) groups excluding carboxylic acids is 2. The van der Waals surface area contributed by atoms with E-state index >= 15 is 0 Å². The van der Waals surface area contributed by atoms with E-state index in [4.69, 9.17) is 4.74 Å². The summed E-state index contributed by atoms with van der Waals surface area (Å²) in [6.45, 7) is 4.94. The summed E-state index contributed by atoms with van der Waals surface area (Å²) in [6.07, 6.45) is 88.4. The van der Waals surface area contributed by atoms with Crippen LogP contribution in [0.4, 0.5) is 0 Å². The quantitative estimate of drug-likeness (QED) is 0.0320. The van der Waals surface area contributed by atoms with Gasteiger partial charge in [0.15, 0.2) is 0 Å². The number of ether oxygens (including phenoxy) is 1. The Bertz CT molecular complexity index is 1250. The Morgan fingerprint density at radius 2 is 0.588 bits per heavy atom. The van der Waals surface area contributed by atoms with Crippen molar-refractivity contribution < 1.29 is 24.5 Å². The largest absolute Gasteiger partial charge is 0.466 e. The molecule has 0 fully saturated rings. The first kappa shape index (κ1) is 78.3. The van der Waals surface area contributed by atoms with Crippen molar-refractivity contribution in [2.45, 2.75) is 424 Å². The lowest BCUT2D eigenvalue weighted by atomic mass is 10.0. The van der Waals surface area contributed by atoms with Crippen LogP contribution in [0.15, 0.2) is 24.3 Å². The number of aliphatic hydroxyl groups excluding tert-OH is 2. The highest BCUT2D eigenvalue weighted by atomic mass is 16.5. The van der Waals surface area contributed by atoms with E-state index in [2.05, 4.69) is 31.3 Å². The number of carbonyl (C=O) groups is 2. The zero-order valence-corrected chi connectivity index (χ0v) is 54.3. The fraction of sp³-hybridized carbons (Fsp3) is 0.919. The van der Waals surface area contributed by atoms with Gasteiger partial charge in [-0.2, -0.15) is 0 Å². The number of hydrogen-bond acceptors (Lipinski definition) is 5. The second-order valence-electron chi connectivity index (χ2n) is 25.3. The van der Waals surface area contributed by atoms with Gasteiger partial charge in [-0.1, -0.05) is 366 Å². The molecule has 0 saturated heterocycles. The summed E-state index contributed by atoms with van der Waals surface area (Å²) in [6, 6.07) is -0.630. The van der Waals surface area contributed by atoms with E-state index in [-0.39, 0.29) is 18.5 Å². The third kappa shape index (κ3) is 65.5. The number of amides is 1. The van der Waals surface area contributed by atoms with Gasteiger partial charge in [-0.3, -0.25) is 9.59 Å². The van der Waals surface area contributed by atoms with Crippen molar-refractivity contribution in [1.82, 2.24) is 5.32 Å². The van der Waals surface area contributed by atoms with Gasteiger partial charge in [0, 0.05) is 12.8 Å². The van der Waals surface area contributed by atoms with E-state index in [0.29, 0.717) is 19.4 Å². The summed E-state index contributed by atoms with van der Waals surface area (Å²) in [4.78, 5) is 24.6. The summed E-state index contributed by atoms with van der Waals surface area (Å²) in [5.74, 6) is -0.0487. The van der Waals surface area contributed by atoms with Crippen LogP contribution in [0.5, 0.6) is 0 Å². The number of hydrogen-bond donors (Lipinski definition) is 3. The SMILES string of the molecule is CCCCCCCCCCCCCCCCCCCCCCCCC/C=C/C(O)C(CO)NC(=O)CCCCCCCCCCCCC/C=C\CCCCCCCCCCCCCCOC(=O)CCCCCCCCCCCCC. The van der Waals surface area contributed by atoms with Crippen LogP contribution in [0.25, 0.3) is 0 Å². The van der Waals surface area contributed by atoms with Crippen molar-refractivity contribution in [1.29, 1.82) is 0 Å². The highest BCUT2D eigenvalue weighted by molar-refractivity contribution is 5.76. The molecule has 80 heavy (non-hydrogen) atoms. The third-order valence-electron chi connectivity index (χ3n) is 17.2. The third-order valence-corrected chi connectivity index (χ3v) is 17.2. The molecule has 0 rings (SSSR count). The van der Waals surface area contributed by atoms with Crippen LogP contribution >= 0.6 is 0 Å². The number of aliphatic hydroxyl groups is 2. The molecule has 2 unspecified atom stereocenters. The van der Waals surface area contributed by atoms with Gasteiger partial charge >= 0.3 is 5.97 Å². The minimum Gasteiger partial charge on any atom is -0.466 e. The van der Waals surface area contributed by atoms with E-state index in [1.807, 2.05) is 6.08 Å². The summed E-state index contributed by atoms with van der Waals surface area (Å²) < 4.78 is 5.47. The molecule has 1 amide bonds. The van der Waals surface area contributed by atoms with E-state index < -0.39 is 12.1 Å². The topological polar surface area (TPSA) is 95.9 Å². The molecule has 0 aliphatic carbocycles. The Hall–Kier alpha value is -1.66. The second-order valence-corrected chi connectivity index (χ2v) is 25.3. The van der Waals surface area contributed by atoms with Gasteiger partial charge in [0.25, 0.3) is 0 Å². The molecular formula is C74H143NO5. The fourth-order valence-corrected chi connectivity index (χ4v) is 11.6. The monoisotopic (exact) mass is 1130 g/mol. The zero-order valence-electron chi connectivity index (χ0n) is 54.3. The van der Waals surface area contributed by atoms with Crippen molar-refractivity contribution in [2.75, 3.05) is 13.2 Å². The standard InChI is InChI=1S/C74H143NO5/c1-3-5-7-9-11-13-15-16-17-18-19-20-21-25-28-31-34-37-40-43-47-50-54-58-62-66-72(77)71(70-76)75-73(78)67-63-59-55-51-48-44-41-38-35-32-29-26-23-22-24-27-30-33-36-39-42-45-49-53-57-61-65-69-80-74(79)68-64-60-56-52-46-14-12-10-8-6-4-2/h22-23,62,66,71-72,76-77H,3-21,24-61,63-65,67-70H2,1-2H3,(H,75,78)/b23-22-,66-62+. The Balaban J connectivity index is 3.41. The Morgan fingerprint density at radius 1 is 0.338 bits per heavy atom. The van der Waals surface area contributed by atoms with Crippen molar-refractivity contribution in [3.8, 4) is 0 Å². The Kier molecular flexibility index (Phi) is 68.4. The molecule has 0 aliphatic rings. The van der Waals surface area contributed by atoms with Crippen molar-refractivity contribution >= 4 is 11.9 Å². The Morgan fingerprint density at radius 3 is 0.887 bits per heavy atom. The second kappa shape index (κ2) is 69.8. The van der Waals surface area contributed by atoms with Crippen molar-refractivity contribution in [2.24, 2.45) is 0 Å². The molecule has 0 aliphatic heterocycles. The summed E-state index contributed by atoms with van der Waals surface area (Å²) in [5, 5.41) is 23.3. The van der Waals surface area contributed by atoms with Crippen molar-refractivity contribution in [3.63, 3.8) is 0 Å². The highest BCUT2D eigenvalue weighted by Gasteiger charge is 2.18. The van der Waals surface area contributed by atoms with Gasteiger partial charge in [0.1, 0.15) is 0 Å². The summed E-state index contributed by atoms with van der Waals surface area (Å²) >= 11 is 0. The smallest absolute Gasteiger partial charge is 0.305 e. The van der Waals surface area contributed by atoms with E-state index in [1.54, 1.807) is 6.08 Å². The lowest BCUT2D eigenvalue weighted by Crippen LogP contribution is -2.45. The normalized spacial score (nSPS) is 12.6. The van der Waals surface area contributed by atoms with Crippen LogP contribution in [0.3, 0.4) is 0 Å². The molecule has 2 atom stereocenters. The number of nitrogens with one attached hydrogen (secondary N) is 1. The predicted octanol–water partition coefficient (Wildman–Crippen LogP) is 23.7. The fourth-order valence-electron chi connectivity index (χ4n) is 11.6. The van der Waals surface area contributed by atoms with Crippen LogP contribution in [0, 0.1) is 0 Å². The molecule has 0 spiro atoms. The Labute approximate surface area is 501 Å². The van der Waals surface area contributed by atoms with Crippen molar-refractivity contribution in [3.05, 3.63) is 24.3 Å². The van der Waals surface area contributed by atoms with E-state index in [1.165, 1.54) is 347 Å². The molecule has 3 N–H and O–H groups in total. The minimum atomic E-state index is -0.846. The average molecular weight is 1130 g/mol. The first-order chi connectivity index (χ1) is 39.5. The van der Waals surface area contributed by atoms with Crippen LogP contribution in [-0.2, 0) is 14.3 Å². The average Bonchev–Trinajstić information content (AvgIpc) is 3.46.